The number of thioether (sulfide) groups is 1. The van der Waals surface area contributed by atoms with Crippen LogP contribution < -0.4 is 4.18 Å². The summed E-state index contributed by atoms with van der Waals surface area (Å²) < 4.78 is 30.8. The van der Waals surface area contributed by atoms with Crippen molar-refractivity contribution in [3.8, 4) is 5.75 Å². The van der Waals surface area contributed by atoms with Crippen molar-refractivity contribution in [1.82, 2.24) is 4.90 Å². The largest absolute Gasteiger partial charge is 0.378 e. The molecule has 0 spiro atoms. The number of benzene rings is 3. The smallest absolute Gasteiger partial charge is 0.339 e. The molecule has 0 N–H and O–H groups in total. The van der Waals surface area contributed by atoms with E-state index in [2.05, 4.69) is 0 Å². The fraction of sp³-hybridized carbons (Fsp3) is 0.120. The van der Waals surface area contributed by atoms with Crippen LogP contribution in [0.3, 0.4) is 0 Å². The number of rotatable bonds is 6. The number of hydrogen-bond donors (Lipinski definition) is 0. The fourth-order valence-corrected chi connectivity index (χ4v) is 5.07. The van der Waals surface area contributed by atoms with Crippen molar-refractivity contribution >= 4 is 39.1 Å². The molecule has 6 nitrogen and oxygen atoms in total. The summed E-state index contributed by atoms with van der Waals surface area (Å²) in [4.78, 5) is 26.9. The third kappa shape index (κ3) is 5.02. The third-order valence-electron chi connectivity index (χ3n) is 5.18. The zero-order valence-corrected chi connectivity index (χ0v) is 19.7. The van der Waals surface area contributed by atoms with Gasteiger partial charge in [-0.05, 0) is 61.0 Å². The first-order valence-electron chi connectivity index (χ1n) is 10.1. The first kappa shape index (κ1) is 22.8. The SMILES string of the molecule is Cc1ccc(S(=O)(=O)Oc2ccccc2/C=C2\SC(=O)N(Cc3ccccc3C)C2=O)cc1. The molecule has 0 aromatic heterocycles. The summed E-state index contributed by atoms with van der Waals surface area (Å²) in [5.41, 5.74) is 3.18. The molecule has 1 aliphatic heterocycles. The van der Waals surface area contributed by atoms with Gasteiger partial charge in [-0.25, -0.2) is 0 Å². The highest BCUT2D eigenvalue weighted by Crippen LogP contribution is 2.35. The molecule has 33 heavy (non-hydrogen) atoms. The molecule has 0 unspecified atom stereocenters. The van der Waals surface area contributed by atoms with Crippen molar-refractivity contribution in [3.63, 3.8) is 0 Å². The first-order valence-corrected chi connectivity index (χ1v) is 12.4. The minimum absolute atomic E-state index is 0.0291. The minimum atomic E-state index is -4.07. The summed E-state index contributed by atoms with van der Waals surface area (Å²) in [6.07, 6.45) is 1.49. The molecule has 0 saturated carbocycles. The Bertz CT molecular complexity index is 1360. The molecular weight excluding hydrogens is 458 g/mol. The third-order valence-corrected chi connectivity index (χ3v) is 7.33. The van der Waals surface area contributed by atoms with Crippen LogP contribution in [0.4, 0.5) is 4.79 Å². The Balaban J connectivity index is 1.60. The van der Waals surface area contributed by atoms with Crippen LogP contribution in [0.5, 0.6) is 5.75 Å². The second kappa shape index (κ2) is 9.25. The Morgan fingerprint density at radius 3 is 2.30 bits per heavy atom. The lowest BCUT2D eigenvalue weighted by Gasteiger charge is -2.14. The second-order valence-electron chi connectivity index (χ2n) is 7.58. The topological polar surface area (TPSA) is 80.8 Å². The zero-order valence-electron chi connectivity index (χ0n) is 18.0. The van der Waals surface area contributed by atoms with E-state index in [0.717, 1.165) is 28.5 Å². The normalized spacial score (nSPS) is 15.3. The molecule has 0 bridgehead atoms. The van der Waals surface area contributed by atoms with Crippen molar-refractivity contribution in [2.24, 2.45) is 0 Å². The number of aryl methyl sites for hydroxylation is 2. The number of para-hydroxylation sites is 1. The van der Waals surface area contributed by atoms with Gasteiger partial charge in [-0.15, -0.1) is 0 Å². The zero-order chi connectivity index (χ0) is 23.6. The van der Waals surface area contributed by atoms with Crippen molar-refractivity contribution in [2.75, 3.05) is 0 Å². The average molecular weight is 480 g/mol. The lowest BCUT2D eigenvalue weighted by Crippen LogP contribution is -2.27. The number of amides is 2. The average Bonchev–Trinajstić information content (AvgIpc) is 3.04. The predicted octanol–water partition coefficient (Wildman–Crippen LogP) is 5.31. The maximum absolute atomic E-state index is 12.9. The van der Waals surface area contributed by atoms with Crippen LogP contribution in [-0.2, 0) is 21.5 Å². The van der Waals surface area contributed by atoms with E-state index in [1.54, 1.807) is 30.3 Å². The monoisotopic (exact) mass is 479 g/mol. The van der Waals surface area contributed by atoms with Crippen LogP contribution in [0.1, 0.15) is 22.3 Å². The van der Waals surface area contributed by atoms with Gasteiger partial charge in [-0.3, -0.25) is 14.5 Å². The van der Waals surface area contributed by atoms with Gasteiger partial charge in [-0.2, -0.15) is 8.42 Å². The second-order valence-corrected chi connectivity index (χ2v) is 10.1. The van der Waals surface area contributed by atoms with Crippen LogP contribution in [0.2, 0.25) is 0 Å². The van der Waals surface area contributed by atoms with E-state index in [0.29, 0.717) is 5.56 Å². The molecule has 1 fully saturated rings. The Morgan fingerprint density at radius 1 is 0.909 bits per heavy atom. The number of carbonyl (C=O) groups is 2. The maximum Gasteiger partial charge on any atom is 0.339 e. The molecule has 168 valence electrons. The lowest BCUT2D eigenvalue weighted by molar-refractivity contribution is -0.123. The molecule has 2 amide bonds. The van der Waals surface area contributed by atoms with Gasteiger partial charge in [0.15, 0.2) is 0 Å². The Hall–Kier alpha value is -3.36. The van der Waals surface area contributed by atoms with Crippen molar-refractivity contribution in [3.05, 3.63) is 100.0 Å². The highest BCUT2D eigenvalue weighted by Gasteiger charge is 2.35. The number of imide groups is 1. The molecule has 3 aromatic rings. The minimum Gasteiger partial charge on any atom is -0.378 e. The number of carbonyl (C=O) groups excluding carboxylic acids is 2. The summed E-state index contributed by atoms with van der Waals surface area (Å²) in [6.45, 7) is 3.96. The number of hydrogen-bond acceptors (Lipinski definition) is 6. The summed E-state index contributed by atoms with van der Waals surface area (Å²) >= 11 is 0.820. The molecule has 0 radical (unpaired) electrons. The quantitative estimate of drug-likeness (QED) is 0.352. The standard InChI is InChI=1S/C25H21NO5S2/c1-17-11-13-21(14-12-17)33(29,30)31-22-10-6-5-8-19(22)15-23-24(27)26(25(28)32-23)16-20-9-4-3-7-18(20)2/h3-15H,16H2,1-2H3/b23-15-. The van der Waals surface area contributed by atoms with Crippen LogP contribution >= 0.6 is 11.8 Å². The molecule has 1 aliphatic rings. The molecule has 0 aliphatic carbocycles. The predicted molar refractivity (Wildman–Crippen MR) is 128 cm³/mol. The molecule has 1 saturated heterocycles. The van der Waals surface area contributed by atoms with Crippen LogP contribution in [0.25, 0.3) is 6.08 Å². The van der Waals surface area contributed by atoms with E-state index in [-0.39, 0.29) is 27.3 Å². The van der Waals surface area contributed by atoms with Gasteiger partial charge in [-0.1, -0.05) is 60.2 Å². The lowest BCUT2D eigenvalue weighted by atomic mass is 10.1. The van der Waals surface area contributed by atoms with Crippen molar-refractivity contribution < 1.29 is 22.2 Å². The number of nitrogens with zero attached hydrogens (tertiary/aromatic N) is 1. The Morgan fingerprint density at radius 2 is 1.58 bits per heavy atom. The van der Waals surface area contributed by atoms with E-state index < -0.39 is 16.0 Å². The summed E-state index contributed by atoms with van der Waals surface area (Å²) in [5, 5.41) is -0.375. The molecular formula is C25H21NO5S2. The highest BCUT2D eigenvalue weighted by atomic mass is 32.2. The van der Waals surface area contributed by atoms with Gasteiger partial charge in [0.2, 0.25) is 0 Å². The van der Waals surface area contributed by atoms with E-state index in [4.69, 9.17) is 4.18 Å². The molecule has 8 heteroatoms. The van der Waals surface area contributed by atoms with Gasteiger partial charge >= 0.3 is 10.1 Å². The van der Waals surface area contributed by atoms with Gasteiger partial charge in [0.1, 0.15) is 10.6 Å². The van der Waals surface area contributed by atoms with E-state index in [1.807, 2.05) is 38.1 Å². The Kier molecular flexibility index (Phi) is 6.40. The summed E-state index contributed by atoms with van der Waals surface area (Å²) in [5.74, 6) is -0.353. The molecule has 0 atom stereocenters. The van der Waals surface area contributed by atoms with Gasteiger partial charge < -0.3 is 4.18 Å². The Labute approximate surface area is 197 Å². The van der Waals surface area contributed by atoms with Crippen molar-refractivity contribution in [2.45, 2.75) is 25.3 Å². The highest BCUT2D eigenvalue weighted by molar-refractivity contribution is 8.18. The van der Waals surface area contributed by atoms with Crippen LogP contribution in [0, 0.1) is 13.8 Å². The van der Waals surface area contributed by atoms with Gasteiger partial charge in [0.25, 0.3) is 11.1 Å². The van der Waals surface area contributed by atoms with Crippen molar-refractivity contribution in [1.29, 1.82) is 0 Å². The molecule has 4 rings (SSSR count). The van der Waals surface area contributed by atoms with E-state index in [1.165, 1.54) is 29.2 Å². The maximum atomic E-state index is 12.9. The van der Waals surface area contributed by atoms with Crippen LogP contribution in [-0.4, -0.2) is 24.5 Å². The fourth-order valence-electron chi connectivity index (χ4n) is 3.28. The summed E-state index contributed by atoms with van der Waals surface area (Å²) in [7, 11) is -4.07. The van der Waals surface area contributed by atoms with E-state index in [9.17, 15) is 18.0 Å². The van der Waals surface area contributed by atoms with Gasteiger partial charge in [0.05, 0.1) is 11.4 Å². The molecule has 1 heterocycles. The first-order chi connectivity index (χ1) is 15.7. The van der Waals surface area contributed by atoms with Gasteiger partial charge in [0, 0.05) is 5.56 Å². The summed E-state index contributed by atoms with van der Waals surface area (Å²) in [6, 6.07) is 20.4. The van der Waals surface area contributed by atoms with Crippen LogP contribution in [0.15, 0.2) is 82.6 Å². The molecule has 3 aromatic carbocycles. The van der Waals surface area contributed by atoms with E-state index >= 15 is 0 Å².